The first kappa shape index (κ1) is 13.0. The zero-order chi connectivity index (χ0) is 12.6. The lowest BCUT2D eigenvalue weighted by Gasteiger charge is -2.30. The molecule has 0 spiro atoms. The molecule has 0 aromatic heterocycles. The van der Waals surface area contributed by atoms with Crippen molar-refractivity contribution in [2.24, 2.45) is 11.7 Å². The van der Waals surface area contributed by atoms with E-state index in [1.165, 1.54) is 7.11 Å². The fourth-order valence-electron chi connectivity index (χ4n) is 1.59. The number of rotatable bonds is 4. The number of hydrogen-bond acceptors (Lipinski definition) is 4. The molecule has 1 saturated carbocycles. The summed E-state index contributed by atoms with van der Waals surface area (Å²) in [7, 11) is 1.29. The van der Waals surface area contributed by atoms with Crippen LogP contribution in [0.1, 0.15) is 33.6 Å². The molecule has 0 aliphatic heterocycles. The molecule has 5 nitrogen and oxygen atoms in total. The predicted octanol–water partition coefficient (Wildman–Crippen LogP) is 0.182. The minimum absolute atomic E-state index is 0.223. The van der Waals surface area contributed by atoms with Gasteiger partial charge >= 0.3 is 5.97 Å². The van der Waals surface area contributed by atoms with E-state index in [-0.39, 0.29) is 11.8 Å². The van der Waals surface area contributed by atoms with Gasteiger partial charge in [0.2, 0.25) is 5.91 Å². The summed E-state index contributed by atoms with van der Waals surface area (Å²) in [6, 6.07) is 0. The third kappa shape index (κ3) is 2.52. The van der Waals surface area contributed by atoms with Gasteiger partial charge in [0.15, 0.2) is 0 Å². The van der Waals surface area contributed by atoms with Gasteiger partial charge < -0.3 is 15.8 Å². The average Bonchev–Trinajstić information content (AvgIpc) is 2.98. The van der Waals surface area contributed by atoms with Gasteiger partial charge in [-0.15, -0.1) is 0 Å². The van der Waals surface area contributed by atoms with Crippen LogP contribution in [0.25, 0.3) is 0 Å². The standard InChI is InChI=1S/C11H20N2O3/c1-10(2,9(15)16-4)13-8(14)11(3,12)7-5-6-7/h7H,5-6,12H2,1-4H3,(H,13,14). The number of carbonyl (C=O) groups is 2. The van der Waals surface area contributed by atoms with Gasteiger partial charge in [0.25, 0.3) is 0 Å². The maximum absolute atomic E-state index is 11.9. The highest BCUT2D eigenvalue weighted by atomic mass is 16.5. The van der Waals surface area contributed by atoms with Gasteiger partial charge in [-0.05, 0) is 39.5 Å². The van der Waals surface area contributed by atoms with Crippen LogP contribution in [-0.2, 0) is 14.3 Å². The van der Waals surface area contributed by atoms with Crippen LogP contribution < -0.4 is 11.1 Å². The summed E-state index contributed by atoms with van der Waals surface area (Å²) in [6.07, 6.45) is 1.94. The lowest BCUT2D eigenvalue weighted by molar-refractivity contribution is -0.150. The molecule has 0 radical (unpaired) electrons. The van der Waals surface area contributed by atoms with Crippen molar-refractivity contribution in [3.63, 3.8) is 0 Å². The van der Waals surface area contributed by atoms with E-state index >= 15 is 0 Å². The Morgan fingerprint density at radius 1 is 1.31 bits per heavy atom. The van der Waals surface area contributed by atoms with Gasteiger partial charge in [-0.1, -0.05) is 0 Å². The third-order valence-corrected chi connectivity index (χ3v) is 3.04. The van der Waals surface area contributed by atoms with Gasteiger partial charge in [-0.25, -0.2) is 4.79 Å². The maximum atomic E-state index is 11.9. The van der Waals surface area contributed by atoms with Crippen LogP contribution in [0.2, 0.25) is 0 Å². The van der Waals surface area contributed by atoms with Crippen LogP contribution >= 0.6 is 0 Å². The summed E-state index contributed by atoms with van der Waals surface area (Å²) in [5, 5.41) is 2.63. The molecule has 1 aliphatic rings. The molecule has 0 aromatic rings. The molecule has 0 bridgehead atoms. The first-order valence-corrected chi connectivity index (χ1v) is 5.41. The molecule has 1 amide bonds. The number of amides is 1. The minimum atomic E-state index is -1.04. The smallest absolute Gasteiger partial charge is 0.330 e. The first-order valence-electron chi connectivity index (χ1n) is 5.41. The van der Waals surface area contributed by atoms with Crippen molar-refractivity contribution in [1.82, 2.24) is 5.32 Å². The number of hydrogen-bond donors (Lipinski definition) is 2. The first-order chi connectivity index (χ1) is 7.21. The largest absolute Gasteiger partial charge is 0.467 e. The van der Waals surface area contributed by atoms with Gasteiger partial charge in [-0.3, -0.25) is 4.79 Å². The summed E-state index contributed by atoms with van der Waals surface area (Å²) in [4.78, 5) is 23.3. The zero-order valence-corrected chi connectivity index (χ0v) is 10.3. The molecular formula is C11H20N2O3. The van der Waals surface area contributed by atoms with Crippen molar-refractivity contribution in [1.29, 1.82) is 0 Å². The average molecular weight is 228 g/mol. The molecule has 0 aromatic carbocycles. The Hall–Kier alpha value is -1.10. The maximum Gasteiger partial charge on any atom is 0.330 e. The molecule has 1 atom stereocenters. The Morgan fingerprint density at radius 2 is 1.81 bits per heavy atom. The molecule has 1 unspecified atom stereocenters. The summed E-state index contributed by atoms with van der Waals surface area (Å²) in [6.45, 7) is 4.90. The Kier molecular flexibility index (Phi) is 3.28. The Bertz CT molecular complexity index is 306. The van der Waals surface area contributed by atoms with E-state index in [2.05, 4.69) is 10.1 Å². The van der Waals surface area contributed by atoms with Crippen LogP contribution in [0.15, 0.2) is 0 Å². The van der Waals surface area contributed by atoms with Crippen molar-refractivity contribution in [3.05, 3.63) is 0 Å². The highest BCUT2D eigenvalue weighted by Crippen LogP contribution is 2.38. The van der Waals surface area contributed by atoms with Crippen molar-refractivity contribution < 1.29 is 14.3 Å². The molecule has 0 saturated heterocycles. The van der Waals surface area contributed by atoms with Gasteiger partial charge in [0.1, 0.15) is 5.54 Å². The van der Waals surface area contributed by atoms with Crippen LogP contribution in [0.4, 0.5) is 0 Å². The van der Waals surface area contributed by atoms with E-state index in [4.69, 9.17) is 5.73 Å². The quantitative estimate of drug-likeness (QED) is 0.673. The molecule has 1 fully saturated rings. The van der Waals surface area contributed by atoms with Crippen LogP contribution in [0.3, 0.4) is 0 Å². The monoisotopic (exact) mass is 228 g/mol. The molecule has 92 valence electrons. The summed E-state index contributed by atoms with van der Waals surface area (Å²) >= 11 is 0. The van der Waals surface area contributed by atoms with Crippen molar-refractivity contribution in [2.45, 2.75) is 44.7 Å². The third-order valence-electron chi connectivity index (χ3n) is 3.04. The van der Waals surface area contributed by atoms with Crippen molar-refractivity contribution in [2.75, 3.05) is 7.11 Å². The summed E-state index contributed by atoms with van der Waals surface area (Å²) < 4.78 is 4.61. The molecule has 5 heteroatoms. The van der Waals surface area contributed by atoms with E-state index < -0.39 is 17.0 Å². The molecule has 3 N–H and O–H groups in total. The van der Waals surface area contributed by atoms with E-state index in [1.54, 1.807) is 20.8 Å². The fourth-order valence-corrected chi connectivity index (χ4v) is 1.59. The summed E-state index contributed by atoms with van der Waals surface area (Å²) in [5.74, 6) is -0.557. The Balaban J connectivity index is 2.66. The predicted molar refractivity (Wildman–Crippen MR) is 59.6 cm³/mol. The molecule has 1 rings (SSSR count). The van der Waals surface area contributed by atoms with Crippen molar-refractivity contribution in [3.8, 4) is 0 Å². The number of methoxy groups -OCH3 is 1. The number of nitrogens with two attached hydrogens (primary N) is 1. The number of carbonyl (C=O) groups excluding carboxylic acids is 2. The van der Waals surface area contributed by atoms with Crippen molar-refractivity contribution >= 4 is 11.9 Å². The number of nitrogens with one attached hydrogen (secondary N) is 1. The second kappa shape index (κ2) is 4.05. The Labute approximate surface area is 95.7 Å². The number of ether oxygens (including phenoxy) is 1. The van der Waals surface area contributed by atoms with E-state index in [1.807, 2.05) is 0 Å². The lowest BCUT2D eigenvalue weighted by Crippen LogP contribution is -2.60. The second-order valence-electron chi connectivity index (χ2n) is 5.13. The van der Waals surface area contributed by atoms with Crippen LogP contribution in [0, 0.1) is 5.92 Å². The summed E-state index contributed by atoms with van der Waals surface area (Å²) in [5.41, 5.74) is 4.01. The van der Waals surface area contributed by atoms with E-state index in [0.717, 1.165) is 12.8 Å². The molecule has 0 heterocycles. The van der Waals surface area contributed by atoms with E-state index in [9.17, 15) is 9.59 Å². The van der Waals surface area contributed by atoms with E-state index in [0.29, 0.717) is 0 Å². The minimum Gasteiger partial charge on any atom is -0.467 e. The highest BCUT2D eigenvalue weighted by Gasteiger charge is 2.46. The SMILES string of the molecule is COC(=O)C(C)(C)NC(=O)C(C)(N)C1CC1. The van der Waals surface area contributed by atoms with Crippen LogP contribution in [0.5, 0.6) is 0 Å². The second-order valence-corrected chi connectivity index (χ2v) is 5.13. The number of esters is 1. The zero-order valence-electron chi connectivity index (χ0n) is 10.3. The lowest BCUT2D eigenvalue weighted by atomic mass is 9.94. The van der Waals surface area contributed by atoms with Gasteiger partial charge in [0, 0.05) is 0 Å². The normalized spacial score (nSPS) is 19.8. The molecular weight excluding hydrogens is 208 g/mol. The van der Waals surface area contributed by atoms with Gasteiger partial charge in [0.05, 0.1) is 12.6 Å². The molecule has 16 heavy (non-hydrogen) atoms. The highest BCUT2D eigenvalue weighted by molar-refractivity contribution is 5.92. The molecule has 1 aliphatic carbocycles. The Morgan fingerprint density at radius 3 is 2.19 bits per heavy atom. The van der Waals surface area contributed by atoms with Gasteiger partial charge in [-0.2, -0.15) is 0 Å². The topological polar surface area (TPSA) is 81.4 Å². The van der Waals surface area contributed by atoms with Crippen LogP contribution in [-0.4, -0.2) is 30.1 Å². The fraction of sp³-hybridized carbons (Fsp3) is 0.818.